The Kier molecular flexibility index (Phi) is 1.96. The molecule has 1 aliphatic carbocycles. The van der Waals surface area contributed by atoms with Crippen LogP contribution in [0.1, 0.15) is 48.9 Å². The maximum absolute atomic E-state index is 9.35. The number of fused-ring (bicyclic) bond motifs is 1. The summed E-state index contributed by atoms with van der Waals surface area (Å²) in [5, 5.41) is 14.2. The molecule has 1 fully saturated rings. The molecule has 4 rings (SSSR count). The van der Waals surface area contributed by atoms with E-state index in [0.29, 0.717) is 22.3 Å². The monoisotopic (exact) mass is 314 g/mol. The van der Waals surface area contributed by atoms with Crippen LogP contribution < -0.4 is 0 Å². The highest BCUT2D eigenvalue weighted by atomic mass is 15.3. The van der Waals surface area contributed by atoms with E-state index < -0.39 is 37.5 Å². The van der Waals surface area contributed by atoms with Gasteiger partial charge in [0.2, 0.25) is 0 Å². The van der Waals surface area contributed by atoms with Gasteiger partial charge in [-0.2, -0.15) is 10.4 Å². The first-order chi connectivity index (χ1) is 14.4. The van der Waals surface area contributed by atoms with Crippen molar-refractivity contribution in [2.45, 2.75) is 38.0 Å². The summed E-state index contributed by atoms with van der Waals surface area (Å²) in [6.07, 6.45) is -6.49. The summed E-state index contributed by atoms with van der Waals surface area (Å²) in [6, 6.07) is 2.40. The van der Waals surface area contributed by atoms with E-state index in [4.69, 9.17) is 11.0 Å². The molecule has 6 heteroatoms. The van der Waals surface area contributed by atoms with Gasteiger partial charge in [-0.05, 0) is 24.7 Å². The highest BCUT2D eigenvalue weighted by Gasteiger charge is 2.27. The van der Waals surface area contributed by atoms with Crippen molar-refractivity contribution in [3.05, 3.63) is 31.0 Å². The average molecular weight is 314 g/mol. The van der Waals surface area contributed by atoms with Crippen LogP contribution in [0.25, 0.3) is 22.3 Å². The maximum Gasteiger partial charge on any atom is 0.141 e. The Labute approximate surface area is 145 Å². The van der Waals surface area contributed by atoms with E-state index in [9.17, 15) is 5.26 Å². The SMILES string of the molecule is [2H]C1([2H])C(C(CC#N)n2cc(-c3ncnc4[nH]ccc34)cn2)C([2H])([2H])C([2H])([2H])C1([2H])[2H]. The highest BCUT2D eigenvalue weighted by Crippen LogP contribution is 2.36. The van der Waals surface area contributed by atoms with Crippen LogP contribution in [0.3, 0.4) is 0 Å². The summed E-state index contributed by atoms with van der Waals surface area (Å²) in [7, 11) is 0. The van der Waals surface area contributed by atoms with Gasteiger partial charge in [-0.3, -0.25) is 4.68 Å². The summed E-state index contributed by atoms with van der Waals surface area (Å²) in [5.41, 5.74) is 1.63. The van der Waals surface area contributed by atoms with Crippen LogP contribution in [0.5, 0.6) is 0 Å². The van der Waals surface area contributed by atoms with Crippen LogP contribution in [-0.2, 0) is 0 Å². The molecule has 0 bridgehead atoms. The molecule has 23 heavy (non-hydrogen) atoms. The fourth-order valence-corrected chi connectivity index (χ4v) is 2.66. The van der Waals surface area contributed by atoms with Crippen LogP contribution in [0.4, 0.5) is 0 Å². The molecule has 3 aromatic rings. The molecule has 0 aliphatic heterocycles. The Balaban J connectivity index is 1.83. The second-order valence-corrected chi connectivity index (χ2v) is 5.12. The zero-order valence-electron chi connectivity index (χ0n) is 20.0. The van der Waals surface area contributed by atoms with Gasteiger partial charge in [-0.25, -0.2) is 9.97 Å². The standard InChI is InChI=1S/C17H18N6/c18-7-5-15(12-3-1-2-4-12)23-10-13(9-22-23)16-14-6-8-19-17(14)21-11-20-16/h6,8-12,15H,1-5H2,(H,19,20,21)/i1D2,2D2,3D2,4D2. The minimum absolute atomic E-state index is 0.389. The van der Waals surface area contributed by atoms with E-state index in [1.165, 1.54) is 23.4 Å². The number of rotatable bonds is 4. The molecule has 1 unspecified atom stereocenters. The minimum atomic E-state index is -3.12. The number of aromatic nitrogens is 5. The number of hydrogen-bond donors (Lipinski definition) is 1. The summed E-state index contributed by atoms with van der Waals surface area (Å²) >= 11 is 0. The normalized spacial score (nSPS) is 30.6. The quantitative estimate of drug-likeness (QED) is 0.799. The molecule has 1 atom stereocenters. The third-order valence-electron chi connectivity index (χ3n) is 3.77. The Morgan fingerprint density at radius 1 is 1.43 bits per heavy atom. The number of nitrogens with one attached hydrogen (secondary N) is 1. The van der Waals surface area contributed by atoms with Crippen molar-refractivity contribution in [1.82, 2.24) is 24.7 Å². The molecule has 116 valence electrons. The summed E-state index contributed by atoms with van der Waals surface area (Å²) < 4.78 is 66.5. The van der Waals surface area contributed by atoms with Crippen LogP contribution in [0.2, 0.25) is 0 Å². The van der Waals surface area contributed by atoms with Gasteiger partial charge >= 0.3 is 0 Å². The molecule has 3 heterocycles. The molecule has 0 saturated heterocycles. The van der Waals surface area contributed by atoms with Crippen molar-refractivity contribution in [2.24, 2.45) is 5.92 Å². The van der Waals surface area contributed by atoms with Crippen molar-refractivity contribution >= 4 is 11.0 Å². The number of aromatic amines is 1. The minimum Gasteiger partial charge on any atom is -0.346 e. The number of nitriles is 1. The zero-order chi connectivity index (χ0) is 22.8. The molecule has 3 aromatic heterocycles. The summed E-state index contributed by atoms with van der Waals surface area (Å²) in [5.74, 6) is -1.81. The van der Waals surface area contributed by atoms with Crippen LogP contribution in [0.15, 0.2) is 31.0 Å². The van der Waals surface area contributed by atoms with Crippen LogP contribution in [0, 0.1) is 17.2 Å². The lowest BCUT2D eigenvalue weighted by atomic mass is 9.96. The largest absolute Gasteiger partial charge is 0.346 e. The molecule has 0 aromatic carbocycles. The molecule has 0 radical (unpaired) electrons. The molecule has 0 spiro atoms. The Bertz CT molecular complexity index is 1150. The van der Waals surface area contributed by atoms with Gasteiger partial charge in [0.05, 0.1) is 30.4 Å². The van der Waals surface area contributed by atoms with Gasteiger partial charge in [0, 0.05) is 34.3 Å². The van der Waals surface area contributed by atoms with Crippen LogP contribution >= 0.6 is 0 Å². The van der Waals surface area contributed by atoms with Gasteiger partial charge < -0.3 is 4.98 Å². The lowest BCUT2D eigenvalue weighted by Crippen LogP contribution is -2.17. The summed E-state index contributed by atoms with van der Waals surface area (Å²) in [6.45, 7) is 0. The third-order valence-corrected chi connectivity index (χ3v) is 3.77. The maximum atomic E-state index is 9.35. The van der Waals surface area contributed by atoms with Gasteiger partial charge in [-0.15, -0.1) is 0 Å². The Hall–Kier alpha value is -2.68. The second-order valence-electron chi connectivity index (χ2n) is 5.12. The van der Waals surface area contributed by atoms with Gasteiger partial charge in [0.15, 0.2) is 0 Å². The molecule has 1 aliphatic rings. The first-order valence-corrected chi connectivity index (χ1v) is 7.07. The van der Waals surface area contributed by atoms with Gasteiger partial charge in [0.25, 0.3) is 0 Å². The Morgan fingerprint density at radius 3 is 3.13 bits per heavy atom. The first kappa shape index (κ1) is 7.73. The van der Waals surface area contributed by atoms with Crippen molar-refractivity contribution in [3.63, 3.8) is 0 Å². The molecular weight excluding hydrogens is 288 g/mol. The zero-order valence-corrected chi connectivity index (χ0v) is 12.0. The van der Waals surface area contributed by atoms with Crippen LogP contribution in [-0.4, -0.2) is 24.7 Å². The summed E-state index contributed by atoms with van der Waals surface area (Å²) in [4.78, 5) is 11.3. The van der Waals surface area contributed by atoms with E-state index in [0.717, 1.165) is 0 Å². The van der Waals surface area contributed by atoms with E-state index in [1.807, 2.05) is 6.07 Å². The number of hydrogen-bond acceptors (Lipinski definition) is 4. The highest BCUT2D eigenvalue weighted by molar-refractivity contribution is 5.89. The molecule has 1 saturated carbocycles. The lowest BCUT2D eigenvalue weighted by molar-refractivity contribution is 0.315. The van der Waals surface area contributed by atoms with Crippen molar-refractivity contribution in [2.75, 3.05) is 0 Å². The van der Waals surface area contributed by atoms with E-state index in [1.54, 1.807) is 12.3 Å². The van der Waals surface area contributed by atoms with Crippen molar-refractivity contribution in [1.29, 1.82) is 5.26 Å². The van der Waals surface area contributed by atoms with Gasteiger partial charge in [0.1, 0.15) is 12.0 Å². The average Bonchev–Trinajstić information content (AvgIpc) is 3.37. The van der Waals surface area contributed by atoms with E-state index in [2.05, 4.69) is 20.1 Å². The Morgan fingerprint density at radius 2 is 2.30 bits per heavy atom. The fraction of sp³-hybridized carbons (Fsp3) is 0.412. The lowest BCUT2D eigenvalue weighted by Gasteiger charge is -2.21. The van der Waals surface area contributed by atoms with Crippen molar-refractivity contribution < 1.29 is 11.0 Å². The fourth-order valence-electron chi connectivity index (χ4n) is 2.66. The number of H-pyrrole nitrogens is 1. The third kappa shape index (κ3) is 2.48. The van der Waals surface area contributed by atoms with Crippen molar-refractivity contribution in [3.8, 4) is 17.3 Å². The molecular formula is C17H18N6. The predicted molar refractivity (Wildman–Crippen MR) is 86.3 cm³/mol. The molecule has 0 amide bonds. The van der Waals surface area contributed by atoms with Gasteiger partial charge in [-0.1, -0.05) is 12.7 Å². The first-order valence-electron chi connectivity index (χ1n) is 11.1. The number of nitrogens with zero attached hydrogens (tertiary/aromatic N) is 5. The topological polar surface area (TPSA) is 83.2 Å². The second kappa shape index (κ2) is 5.84. The molecule has 6 nitrogen and oxygen atoms in total. The van der Waals surface area contributed by atoms with E-state index in [-0.39, 0.29) is 6.42 Å². The molecule has 1 N–H and O–H groups in total. The smallest absolute Gasteiger partial charge is 0.141 e. The van der Waals surface area contributed by atoms with E-state index >= 15 is 0 Å². The predicted octanol–water partition coefficient (Wildman–Crippen LogP) is 3.47.